The number of aromatic amines is 1. The zero-order valence-corrected chi connectivity index (χ0v) is 8.80. The summed E-state index contributed by atoms with van der Waals surface area (Å²) in [6.07, 6.45) is 3.74. The molecule has 0 saturated carbocycles. The lowest BCUT2D eigenvalue weighted by atomic mass is 10.2. The Morgan fingerprint density at radius 3 is 2.81 bits per heavy atom. The molecule has 0 unspecified atom stereocenters. The highest BCUT2D eigenvalue weighted by atomic mass is 16.5. The van der Waals surface area contributed by atoms with Gasteiger partial charge in [0.25, 0.3) is 5.56 Å². The summed E-state index contributed by atoms with van der Waals surface area (Å²) in [6.45, 7) is 0. The first-order chi connectivity index (χ1) is 7.78. The fourth-order valence-corrected chi connectivity index (χ4v) is 1.33. The average molecular weight is 217 g/mol. The Morgan fingerprint density at radius 2 is 2.19 bits per heavy atom. The van der Waals surface area contributed by atoms with E-state index in [4.69, 9.17) is 4.74 Å². The first-order valence-electron chi connectivity index (χ1n) is 4.81. The molecule has 0 fully saturated rings. The van der Waals surface area contributed by atoms with E-state index < -0.39 is 0 Å². The molecule has 0 amide bonds. The van der Waals surface area contributed by atoms with Crippen LogP contribution in [-0.2, 0) is 6.42 Å². The van der Waals surface area contributed by atoms with Crippen LogP contribution in [0.15, 0.2) is 35.4 Å². The zero-order chi connectivity index (χ0) is 11.4. The van der Waals surface area contributed by atoms with Gasteiger partial charge in [0.15, 0.2) is 0 Å². The number of hydrogen-bond donors (Lipinski definition) is 1. The van der Waals surface area contributed by atoms with Gasteiger partial charge in [0, 0.05) is 30.9 Å². The van der Waals surface area contributed by atoms with Crippen LogP contribution in [0.2, 0.25) is 0 Å². The summed E-state index contributed by atoms with van der Waals surface area (Å²) in [5.74, 6) is 1.19. The summed E-state index contributed by atoms with van der Waals surface area (Å²) in [7, 11) is 1.57. The van der Waals surface area contributed by atoms with Crippen molar-refractivity contribution in [1.29, 1.82) is 0 Å². The minimum atomic E-state index is -0.147. The molecule has 2 aromatic rings. The molecule has 2 heterocycles. The highest BCUT2D eigenvalue weighted by Gasteiger charge is 1.99. The summed E-state index contributed by atoms with van der Waals surface area (Å²) in [5, 5.41) is 0. The molecule has 0 aliphatic carbocycles. The lowest BCUT2D eigenvalue weighted by Crippen LogP contribution is -2.09. The molecule has 0 spiro atoms. The van der Waals surface area contributed by atoms with Crippen LogP contribution in [0.3, 0.4) is 0 Å². The van der Waals surface area contributed by atoms with Gasteiger partial charge in [-0.3, -0.25) is 4.79 Å². The number of ether oxygens (including phenoxy) is 1. The zero-order valence-electron chi connectivity index (χ0n) is 8.80. The second-order valence-corrected chi connectivity index (χ2v) is 3.27. The second-order valence-electron chi connectivity index (χ2n) is 3.27. The molecule has 0 radical (unpaired) electrons. The van der Waals surface area contributed by atoms with Crippen LogP contribution in [0, 0.1) is 0 Å². The van der Waals surface area contributed by atoms with Crippen molar-refractivity contribution in [3.63, 3.8) is 0 Å². The third-order valence-corrected chi connectivity index (χ3v) is 2.10. The molecule has 0 saturated heterocycles. The van der Waals surface area contributed by atoms with E-state index in [9.17, 15) is 4.79 Å². The molecule has 0 aliphatic rings. The number of rotatable bonds is 3. The fraction of sp³-hybridized carbons (Fsp3) is 0.182. The molecule has 0 bridgehead atoms. The van der Waals surface area contributed by atoms with Crippen molar-refractivity contribution < 1.29 is 4.74 Å². The maximum Gasteiger partial charge on any atom is 0.250 e. The molecule has 82 valence electrons. The van der Waals surface area contributed by atoms with Crippen LogP contribution in [0.1, 0.15) is 11.4 Å². The van der Waals surface area contributed by atoms with Crippen molar-refractivity contribution in [1.82, 2.24) is 15.0 Å². The Labute approximate surface area is 92.2 Å². The van der Waals surface area contributed by atoms with Gasteiger partial charge in [-0.1, -0.05) is 6.07 Å². The van der Waals surface area contributed by atoms with Crippen LogP contribution < -0.4 is 10.3 Å². The SMILES string of the molecule is COc1ccc(Cc2nccc(=O)[nH]2)cn1. The summed E-state index contributed by atoms with van der Waals surface area (Å²) in [6, 6.07) is 5.05. The standard InChI is InChI=1S/C11H11N3O2/c1-16-11-3-2-8(7-13-11)6-9-12-5-4-10(15)14-9/h2-5,7H,6H2,1H3,(H,12,14,15). The fourth-order valence-electron chi connectivity index (χ4n) is 1.33. The number of H-pyrrole nitrogens is 1. The molecule has 2 aromatic heterocycles. The van der Waals surface area contributed by atoms with Crippen molar-refractivity contribution in [3.8, 4) is 5.88 Å². The van der Waals surface area contributed by atoms with E-state index in [0.29, 0.717) is 18.1 Å². The van der Waals surface area contributed by atoms with E-state index >= 15 is 0 Å². The van der Waals surface area contributed by atoms with Gasteiger partial charge in [0.2, 0.25) is 5.88 Å². The van der Waals surface area contributed by atoms with E-state index in [-0.39, 0.29) is 5.56 Å². The van der Waals surface area contributed by atoms with Crippen molar-refractivity contribution in [2.75, 3.05) is 7.11 Å². The molecule has 0 aliphatic heterocycles. The van der Waals surface area contributed by atoms with Crippen molar-refractivity contribution in [3.05, 3.63) is 52.3 Å². The number of aromatic nitrogens is 3. The first kappa shape index (κ1) is 10.4. The van der Waals surface area contributed by atoms with Gasteiger partial charge in [-0.2, -0.15) is 0 Å². The Hall–Kier alpha value is -2.17. The van der Waals surface area contributed by atoms with Crippen LogP contribution in [0.25, 0.3) is 0 Å². The minimum Gasteiger partial charge on any atom is -0.481 e. The lowest BCUT2D eigenvalue weighted by Gasteiger charge is -2.01. The van der Waals surface area contributed by atoms with Crippen LogP contribution >= 0.6 is 0 Å². The van der Waals surface area contributed by atoms with E-state index in [0.717, 1.165) is 5.56 Å². The van der Waals surface area contributed by atoms with Crippen molar-refractivity contribution in [2.45, 2.75) is 6.42 Å². The van der Waals surface area contributed by atoms with Gasteiger partial charge in [-0.25, -0.2) is 9.97 Å². The summed E-state index contributed by atoms with van der Waals surface area (Å²) in [5.41, 5.74) is 0.821. The van der Waals surface area contributed by atoms with Gasteiger partial charge in [-0.15, -0.1) is 0 Å². The van der Waals surface area contributed by atoms with E-state index in [1.807, 2.05) is 6.07 Å². The minimum absolute atomic E-state index is 0.147. The monoisotopic (exact) mass is 217 g/mol. The summed E-state index contributed by atoms with van der Waals surface area (Å²) < 4.78 is 4.95. The van der Waals surface area contributed by atoms with Gasteiger partial charge >= 0.3 is 0 Å². The van der Waals surface area contributed by atoms with Gasteiger partial charge in [0.1, 0.15) is 5.82 Å². The Balaban J connectivity index is 2.17. The smallest absolute Gasteiger partial charge is 0.250 e. The number of hydrogen-bond acceptors (Lipinski definition) is 4. The number of nitrogens with one attached hydrogen (secondary N) is 1. The predicted octanol–water partition coefficient (Wildman–Crippen LogP) is 0.764. The Kier molecular flexibility index (Phi) is 2.95. The predicted molar refractivity (Wildman–Crippen MR) is 58.5 cm³/mol. The average Bonchev–Trinajstić information content (AvgIpc) is 2.30. The second kappa shape index (κ2) is 4.57. The van der Waals surface area contributed by atoms with Gasteiger partial charge in [-0.05, 0) is 5.56 Å². The number of nitrogens with zero attached hydrogens (tertiary/aromatic N) is 2. The first-order valence-corrected chi connectivity index (χ1v) is 4.81. The molecule has 1 N–H and O–H groups in total. The molecule has 5 heteroatoms. The van der Waals surface area contributed by atoms with E-state index in [1.54, 1.807) is 19.4 Å². The van der Waals surface area contributed by atoms with Gasteiger partial charge < -0.3 is 9.72 Å². The quantitative estimate of drug-likeness (QED) is 0.824. The third kappa shape index (κ3) is 2.44. The molecule has 0 aromatic carbocycles. The third-order valence-electron chi connectivity index (χ3n) is 2.10. The van der Waals surface area contributed by atoms with Crippen LogP contribution in [0.4, 0.5) is 0 Å². The molecular formula is C11H11N3O2. The lowest BCUT2D eigenvalue weighted by molar-refractivity contribution is 0.397. The van der Waals surface area contributed by atoms with E-state index in [2.05, 4.69) is 15.0 Å². The molecule has 0 atom stereocenters. The summed E-state index contributed by atoms with van der Waals surface area (Å²) in [4.78, 5) is 21.8. The highest BCUT2D eigenvalue weighted by molar-refractivity contribution is 5.20. The van der Waals surface area contributed by atoms with Crippen LogP contribution in [-0.4, -0.2) is 22.1 Å². The molecule has 2 rings (SSSR count). The number of pyridine rings is 1. The Morgan fingerprint density at radius 1 is 1.31 bits per heavy atom. The highest BCUT2D eigenvalue weighted by Crippen LogP contribution is 2.08. The van der Waals surface area contributed by atoms with Crippen LogP contribution in [0.5, 0.6) is 5.88 Å². The normalized spacial score (nSPS) is 10.1. The van der Waals surface area contributed by atoms with Crippen molar-refractivity contribution in [2.24, 2.45) is 0 Å². The Bertz CT molecular complexity index is 519. The molecule has 16 heavy (non-hydrogen) atoms. The maximum absolute atomic E-state index is 11.0. The largest absolute Gasteiger partial charge is 0.481 e. The molecule has 5 nitrogen and oxygen atoms in total. The summed E-state index contributed by atoms with van der Waals surface area (Å²) >= 11 is 0. The molecular weight excluding hydrogens is 206 g/mol. The van der Waals surface area contributed by atoms with Gasteiger partial charge in [0.05, 0.1) is 7.11 Å². The van der Waals surface area contributed by atoms with Crippen molar-refractivity contribution >= 4 is 0 Å². The number of methoxy groups -OCH3 is 1. The maximum atomic E-state index is 11.0. The topological polar surface area (TPSA) is 67.9 Å². The van der Waals surface area contributed by atoms with E-state index in [1.165, 1.54) is 12.3 Å².